The van der Waals surface area contributed by atoms with Gasteiger partial charge in [0.25, 0.3) is 0 Å². The highest BCUT2D eigenvalue weighted by Crippen LogP contribution is 2.41. The molecule has 0 bridgehead atoms. The van der Waals surface area contributed by atoms with E-state index in [9.17, 15) is 4.79 Å². The van der Waals surface area contributed by atoms with Crippen molar-refractivity contribution in [2.45, 2.75) is 67.7 Å². The molecule has 2 aromatic rings. The van der Waals surface area contributed by atoms with Crippen LogP contribution in [0.15, 0.2) is 52.3 Å². The number of carbonyl (C=O) groups is 1. The number of benzene rings is 2. The molecule has 0 saturated heterocycles. The summed E-state index contributed by atoms with van der Waals surface area (Å²) in [6.07, 6.45) is 7.40. The van der Waals surface area contributed by atoms with E-state index in [0.29, 0.717) is 11.6 Å². The van der Waals surface area contributed by atoms with Crippen LogP contribution in [0.5, 0.6) is 0 Å². The molecule has 0 spiro atoms. The third-order valence-electron chi connectivity index (χ3n) is 4.99. The summed E-state index contributed by atoms with van der Waals surface area (Å²) < 4.78 is 5.44. The molecule has 2 aromatic carbocycles. The molecule has 1 aliphatic heterocycles. The first-order valence-electron chi connectivity index (χ1n) is 10.2. The molecule has 150 valence electrons. The quantitative estimate of drug-likeness (QED) is 0.462. The summed E-state index contributed by atoms with van der Waals surface area (Å²) in [4.78, 5) is 14.7. The van der Waals surface area contributed by atoms with Gasteiger partial charge in [0, 0.05) is 14.8 Å². The fourth-order valence-electron chi connectivity index (χ4n) is 3.46. The summed E-state index contributed by atoms with van der Waals surface area (Å²) >= 11 is 7.97. The van der Waals surface area contributed by atoms with Crippen molar-refractivity contribution in [2.24, 2.45) is 0 Å². The Morgan fingerprint density at radius 1 is 1.11 bits per heavy atom. The van der Waals surface area contributed by atoms with E-state index in [0.717, 1.165) is 29.7 Å². The van der Waals surface area contributed by atoms with E-state index >= 15 is 0 Å². The highest BCUT2D eigenvalue weighted by molar-refractivity contribution is 7.99. The van der Waals surface area contributed by atoms with Crippen molar-refractivity contribution in [1.29, 1.82) is 0 Å². The molecule has 5 heteroatoms. The van der Waals surface area contributed by atoms with E-state index in [-0.39, 0.29) is 12.1 Å². The van der Waals surface area contributed by atoms with E-state index in [1.165, 1.54) is 36.1 Å². The third kappa shape index (κ3) is 5.92. The fraction of sp³-hybridized carbons (Fsp3) is 0.435. The lowest BCUT2D eigenvalue weighted by Crippen LogP contribution is -2.30. The number of halogens is 1. The number of carbonyl (C=O) groups excluding carboxylic acids is 1. The summed E-state index contributed by atoms with van der Waals surface area (Å²) in [5.41, 5.74) is 2.27. The van der Waals surface area contributed by atoms with Gasteiger partial charge in [-0.2, -0.15) is 0 Å². The van der Waals surface area contributed by atoms with E-state index in [2.05, 4.69) is 24.4 Å². The monoisotopic (exact) mass is 417 g/mol. The molecule has 0 unspecified atom stereocenters. The van der Waals surface area contributed by atoms with Crippen molar-refractivity contribution >= 4 is 29.5 Å². The molecule has 0 radical (unpaired) electrons. The highest BCUT2D eigenvalue weighted by atomic mass is 35.5. The standard InChI is InChI=1S/C23H28ClNO2S/c1-2-3-4-5-6-9-14-27-23(26)25-20-15-17-10-7-8-11-21(17)28-22-13-12-18(24)16-19(20)22/h7-8,10-13,16,20H,2-6,9,14-15H2,1H3,(H,25,26)/t20-/m1/s1. The van der Waals surface area contributed by atoms with Crippen molar-refractivity contribution in [3.63, 3.8) is 0 Å². The predicted octanol–water partition coefficient (Wildman–Crippen LogP) is 7.18. The SMILES string of the molecule is CCCCCCCCOC(=O)N[C@@H]1Cc2ccccc2Sc2ccc(Cl)cc21. The van der Waals surface area contributed by atoms with Crippen LogP contribution in [-0.4, -0.2) is 12.7 Å². The first-order valence-corrected chi connectivity index (χ1v) is 11.4. The van der Waals surface area contributed by atoms with Gasteiger partial charge in [0.15, 0.2) is 0 Å². The molecule has 1 amide bonds. The largest absolute Gasteiger partial charge is 0.450 e. The number of alkyl carbamates (subject to hydrolysis) is 1. The highest BCUT2D eigenvalue weighted by Gasteiger charge is 2.24. The van der Waals surface area contributed by atoms with Gasteiger partial charge in [-0.3, -0.25) is 0 Å². The number of hydrogen-bond acceptors (Lipinski definition) is 3. The number of ether oxygens (including phenoxy) is 1. The van der Waals surface area contributed by atoms with Gasteiger partial charge in [0.05, 0.1) is 12.6 Å². The van der Waals surface area contributed by atoms with Crippen molar-refractivity contribution in [3.05, 3.63) is 58.6 Å². The van der Waals surface area contributed by atoms with E-state index in [1.807, 2.05) is 30.3 Å². The molecule has 3 rings (SSSR count). The van der Waals surface area contributed by atoms with Crippen LogP contribution < -0.4 is 5.32 Å². The maximum absolute atomic E-state index is 12.4. The molecule has 28 heavy (non-hydrogen) atoms. The number of hydrogen-bond donors (Lipinski definition) is 1. The molecule has 0 fully saturated rings. The molecule has 0 saturated carbocycles. The van der Waals surface area contributed by atoms with Crippen LogP contribution in [0.1, 0.15) is 62.6 Å². The summed E-state index contributed by atoms with van der Waals surface area (Å²) in [5, 5.41) is 3.74. The Bertz CT molecular complexity index is 796. The maximum Gasteiger partial charge on any atom is 0.407 e. The number of rotatable bonds is 8. The van der Waals surface area contributed by atoms with Gasteiger partial charge in [0.2, 0.25) is 0 Å². The summed E-state index contributed by atoms with van der Waals surface area (Å²) in [7, 11) is 0. The number of fused-ring (bicyclic) bond motifs is 2. The van der Waals surface area contributed by atoms with Gasteiger partial charge in [-0.05, 0) is 48.2 Å². The molecule has 1 atom stereocenters. The second-order valence-corrected chi connectivity index (χ2v) is 8.72. The summed E-state index contributed by atoms with van der Waals surface area (Å²) in [5.74, 6) is 0. The fourth-order valence-corrected chi connectivity index (χ4v) is 4.77. The van der Waals surface area contributed by atoms with Gasteiger partial charge in [-0.1, -0.05) is 80.6 Å². The first kappa shape index (κ1) is 21.1. The van der Waals surface area contributed by atoms with Crippen LogP contribution in [-0.2, 0) is 11.2 Å². The van der Waals surface area contributed by atoms with Crippen LogP contribution in [0, 0.1) is 0 Å². The second-order valence-electron chi connectivity index (χ2n) is 7.20. The molecule has 1 N–H and O–H groups in total. The second kappa shape index (κ2) is 10.8. The minimum absolute atomic E-state index is 0.151. The Morgan fingerprint density at radius 3 is 2.75 bits per heavy atom. The number of amides is 1. The molecule has 0 aliphatic carbocycles. The van der Waals surface area contributed by atoms with Crippen LogP contribution in [0.3, 0.4) is 0 Å². The van der Waals surface area contributed by atoms with Crippen molar-refractivity contribution in [1.82, 2.24) is 5.32 Å². The predicted molar refractivity (Wildman–Crippen MR) is 116 cm³/mol. The topological polar surface area (TPSA) is 38.3 Å². The van der Waals surface area contributed by atoms with Crippen LogP contribution in [0.2, 0.25) is 5.02 Å². The molecule has 1 heterocycles. The van der Waals surface area contributed by atoms with Crippen molar-refractivity contribution in [2.75, 3.05) is 6.61 Å². The van der Waals surface area contributed by atoms with Gasteiger partial charge in [0.1, 0.15) is 0 Å². The molecule has 3 nitrogen and oxygen atoms in total. The Hall–Kier alpha value is -1.65. The maximum atomic E-state index is 12.4. The Kier molecular flexibility index (Phi) is 8.11. The molecular formula is C23H28ClNO2S. The van der Waals surface area contributed by atoms with Gasteiger partial charge >= 0.3 is 6.09 Å². The Morgan fingerprint density at radius 2 is 1.89 bits per heavy atom. The van der Waals surface area contributed by atoms with Crippen LogP contribution >= 0.6 is 23.4 Å². The zero-order valence-electron chi connectivity index (χ0n) is 16.4. The zero-order chi connectivity index (χ0) is 19.8. The summed E-state index contributed by atoms with van der Waals surface area (Å²) in [6, 6.07) is 14.1. The van der Waals surface area contributed by atoms with Crippen LogP contribution in [0.25, 0.3) is 0 Å². The van der Waals surface area contributed by atoms with Gasteiger partial charge in [-0.15, -0.1) is 0 Å². The first-order chi connectivity index (χ1) is 13.7. The zero-order valence-corrected chi connectivity index (χ0v) is 18.0. The average molecular weight is 418 g/mol. The average Bonchev–Trinajstić information content (AvgIpc) is 2.84. The lowest BCUT2D eigenvalue weighted by Gasteiger charge is -2.19. The van der Waals surface area contributed by atoms with Crippen molar-refractivity contribution < 1.29 is 9.53 Å². The minimum Gasteiger partial charge on any atom is -0.450 e. The smallest absolute Gasteiger partial charge is 0.407 e. The third-order valence-corrected chi connectivity index (χ3v) is 6.43. The number of nitrogens with one attached hydrogen (secondary N) is 1. The normalized spacial score (nSPS) is 15.3. The van der Waals surface area contributed by atoms with E-state index < -0.39 is 0 Å². The van der Waals surface area contributed by atoms with Crippen molar-refractivity contribution in [3.8, 4) is 0 Å². The Labute approximate surface area is 177 Å². The lowest BCUT2D eigenvalue weighted by atomic mass is 9.99. The van der Waals surface area contributed by atoms with Gasteiger partial charge < -0.3 is 10.1 Å². The lowest BCUT2D eigenvalue weighted by molar-refractivity contribution is 0.139. The van der Waals surface area contributed by atoms with Gasteiger partial charge in [-0.25, -0.2) is 4.79 Å². The molecular weight excluding hydrogens is 390 g/mol. The van der Waals surface area contributed by atoms with Crippen LogP contribution in [0.4, 0.5) is 4.79 Å². The molecule has 0 aromatic heterocycles. The van der Waals surface area contributed by atoms with E-state index in [1.54, 1.807) is 11.8 Å². The number of unbranched alkanes of at least 4 members (excludes halogenated alkanes) is 5. The molecule has 1 aliphatic rings. The minimum atomic E-state index is -0.353. The summed E-state index contributed by atoms with van der Waals surface area (Å²) in [6.45, 7) is 2.68. The Balaban J connectivity index is 1.61. The van der Waals surface area contributed by atoms with E-state index in [4.69, 9.17) is 16.3 Å².